The molecule has 0 unspecified atom stereocenters. The van der Waals surface area contributed by atoms with Crippen LogP contribution in [0, 0.1) is 0 Å². The molecule has 0 heterocycles. The number of esters is 1. The minimum Gasteiger partial charge on any atom is -0.492 e. The third-order valence-corrected chi connectivity index (χ3v) is 4.01. The van der Waals surface area contributed by atoms with Gasteiger partial charge < -0.3 is 19.5 Å². The fourth-order valence-corrected chi connectivity index (χ4v) is 2.57. The van der Waals surface area contributed by atoms with E-state index in [9.17, 15) is 9.59 Å². The Bertz CT molecular complexity index is 804. The highest BCUT2D eigenvalue weighted by atomic mass is 35.5. The molecule has 0 aliphatic rings. The van der Waals surface area contributed by atoms with Crippen molar-refractivity contribution < 1.29 is 23.8 Å². The summed E-state index contributed by atoms with van der Waals surface area (Å²) in [7, 11) is 0. The Labute approximate surface area is 176 Å². The molecule has 0 saturated heterocycles. The van der Waals surface area contributed by atoms with Crippen molar-refractivity contribution in [2.75, 3.05) is 6.61 Å². The van der Waals surface area contributed by atoms with Crippen LogP contribution >= 0.6 is 11.6 Å². The molecule has 0 aliphatic heterocycles. The van der Waals surface area contributed by atoms with Crippen LogP contribution in [-0.2, 0) is 20.9 Å². The van der Waals surface area contributed by atoms with Gasteiger partial charge in [-0.3, -0.25) is 0 Å². The molecule has 1 amide bonds. The summed E-state index contributed by atoms with van der Waals surface area (Å²) < 4.78 is 16.2. The molecule has 6 nitrogen and oxygen atoms in total. The highest BCUT2D eigenvalue weighted by Crippen LogP contribution is 2.23. The number of para-hydroxylation sites is 1. The molecule has 156 valence electrons. The molecule has 29 heavy (non-hydrogen) atoms. The first-order valence-corrected chi connectivity index (χ1v) is 9.70. The Morgan fingerprint density at radius 1 is 1.03 bits per heavy atom. The number of alkyl carbamates (subject to hydrolysis) is 1. The van der Waals surface area contributed by atoms with Crippen molar-refractivity contribution in [2.45, 2.75) is 45.4 Å². The standard InChI is InChI=1S/C22H26ClNO5/c1-22(2,3)29-21(26)24-18(13-14-27-19-12-8-7-11-17(19)23)20(25)28-15-16-9-5-4-6-10-16/h4-12,18H,13-15H2,1-3H3,(H,24,26)/t18-/m0/s1. The predicted molar refractivity (Wildman–Crippen MR) is 111 cm³/mol. The molecule has 2 rings (SSSR count). The van der Waals surface area contributed by atoms with Crippen LogP contribution in [-0.4, -0.2) is 30.3 Å². The molecule has 0 saturated carbocycles. The molecule has 0 aliphatic carbocycles. The van der Waals surface area contributed by atoms with Crippen LogP contribution in [0.4, 0.5) is 4.79 Å². The number of amides is 1. The number of hydrogen-bond donors (Lipinski definition) is 1. The summed E-state index contributed by atoms with van der Waals surface area (Å²) in [6, 6.07) is 15.4. The Hall–Kier alpha value is -2.73. The van der Waals surface area contributed by atoms with Crippen molar-refractivity contribution >= 4 is 23.7 Å². The lowest BCUT2D eigenvalue weighted by Crippen LogP contribution is -2.45. The topological polar surface area (TPSA) is 73.9 Å². The van der Waals surface area contributed by atoms with Crippen LogP contribution in [0.5, 0.6) is 5.75 Å². The first-order valence-electron chi connectivity index (χ1n) is 9.32. The van der Waals surface area contributed by atoms with Gasteiger partial charge in [0, 0.05) is 6.42 Å². The van der Waals surface area contributed by atoms with E-state index >= 15 is 0 Å². The van der Waals surface area contributed by atoms with Gasteiger partial charge in [0.05, 0.1) is 11.6 Å². The number of benzene rings is 2. The zero-order valence-corrected chi connectivity index (χ0v) is 17.6. The van der Waals surface area contributed by atoms with Gasteiger partial charge >= 0.3 is 12.1 Å². The van der Waals surface area contributed by atoms with Crippen molar-refractivity contribution in [1.29, 1.82) is 0 Å². The molecule has 0 spiro atoms. The summed E-state index contributed by atoms with van der Waals surface area (Å²) >= 11 is 6.07. The Morgan fingerprint density at radius 2 is 1.69 bits per heavy atom. The van der Waals surface area contributed by atoms with E-state index in [1.165, 1.54) is 0 Å². The second-order valence-electron chi connectivity index (χ2n) is 7.36. The summed E-state index contributed by atoms with van der Waals surface area (Å²) in [5, 5.41) is 3.03. The number of hydrogen-bond acceptors (Lipinski definition) is 5. The zero-order valence-electron chi connectivity index (χ0n) is 16.8. The summed E-state index contributed by atoms with van der Waals surface area (Å²) in [6.07, 6.45) is -0.505. The molecule has 7 heteroatoms. The Balaban J connectivity index is 1.96. The van der Waals surface area contributed by atoms with Crippen molar-refractivity contribution in [3.8, 4) is 5.75 Å². The van der Waals surface area contributed by atoms with Crippen LogP contribution in [0.1, 0.15) is 32.8 Å². The number of halogens is 1. The SMILES string of the molecule is CC(C)(C)OC(=O)N[C@@H](CCOc1ccccc1Cl)C(=O)OCc1ccccc1. The molecule has 1 atom stereocenters. The second kappa shape index (κ2) is 10.7. The van der Waals surface area contributed by atoms with E-state index in [0.717, 1.165) is 5.56 Å². The largest absolute Gasteiger partial charge is 0.492 e. The maximum atomic E-state index is 12.6. The van der Waals surface area contributed by atoms with E-state index in [-0.39, 0.29) is 19.6 Å². The van der Waals surface area contributed by atoms with Gasteiger partial charge in [-0.2, -0.15) is 0 Å². The van der Waals surface area contributed by atoms with Crippen LogP contribution < -0.4 is 10.1 Å². The maximum Gasteiger partial charge on any atom is 0.408 e. The molecule has 0 bridgehead atoms. The van der Waals surface area contributed by atoms with Gasteiger partial charge in [0.15, 0.2) is 0 Å². The summed E-state index contributed by atoms with van der Waals surface area (Å²) in [5.41, 5.74) is 0.167. The fourth-order valence-electron chi connectivity index (χ4n) is 2.38. The van der Waals surface area contributed by atoms with Gasteiger partial charge in [-0.15, -0.1) is 0 Å². The summed E-state index contributed by atoms with van der Waals surface area (Å²) in [6.45, 7) is 5.50. The number of ether oxygens (including phenoxy) is 3. The zero-order chi connectivity index (χ0) is 21.3. The van der Waals surface area contributed by atoms with E-state index < -0.39 is 23.7 Å². The van der Waals surface area contributed by atoms with E-state index in [1.807, 2.05) is 30.3 Å². The maximum absolute atomic E-state index is 12.6. The molecule has 0 fully saturated rings. The van der Waals surface area contributed by atoms with Gasteiger partial charge in [-0.1, -0.05) is 54.1 Å². The molecule has 0 aromatic heterocycles. The molecular formula is C22H26ClNO5. The van der Waals surface area contributed by atoms with Crippen LogP contribution in [0.3, 0.4) is 0 Å². The first-order chi connectivity index (χ1) is 13.7. The van der Waals surface area contributed by atoms with Crippen molar-refractivity contribution in [1.82, 2.24) is 5.32 Å². The monoisotopic (exact) mass is 419 g/mol. The van der Waals surface area contributed by atoms with Gasteiger partial charge in [-0.25, -0.2) is 9.59 Å². The van der Waals surface area contributed by atoms with Crippen molar-refractivity contribution in [2.24, 2.45) is 0 Å². The first kappa shape index (κ1) is 22.6. The van der Waals surface area contributed by atoms with Crippen molar-refractivity contribution in [3.05, 3.63) is 65.2 Å². The number of carbonyl (C=O) groups is 2. The lowest BCUT2D eigenvalue weighted by atomic mass is 10.2. The molecule has 2 aromatic rings. The summed E-state index contributed by atoms with van der Waals surface area (Å²) in [4.78, 5) is 24.7. The van der Waals surface area contributed by atoms with Gasteiger partial charge in [0.1, 0.15) is 24.0 Å². The smallest absolute Gasteiger partial charge is 0.408 e. The molecule has 2 aromatic carbocycles. The lowest BCUT2D eigenvalue weighted by molar-refractivity contribution is -0.147. The Kier molecular flexibility index (Phi) is 8.34. The van der Waals surface area contributed by atoms with E-state index in [4.69, 9.17) is 25.8 Å². The van der Waals surface area contributed by atoms with E-state index in [1.54, 1.807) is 45.0 Å². The normalized spacial score (nSPS) is 12.0. The molecule has 1 N–H and O–H groups in total. The highest BCUT2D eigenvalue weighted by molar-refractivity contribution is 6.32. The van der Waals surface area contributed by atoms with Crippen LogP contribution in [0.2, 0.25) is 5.02 Å². The Morgan fingerprint density at radius 3 is 2.34 bits per heavy atom. The second-order valence-corrected chi connectivity index (χ2v) is 7.77. The molecule has 0 radical (unpaired) electrons. The predicted octanol–water partition coefficient (Wildman–Crippen LogP) is 4.75. The minimum absolute atomic E-state index is 0.109. The van der Waals surface area contributed by atoms with Gasteiger partial charge in [0.2, 0.25) is 0 Å². The average Bonchev–Trinajstić information content (AvgIpc) is 2.66. The lowest BCUT2D eigenvalue weighted by Gasteiger charge is -2.23. The fraction of sp³-hybridized carbons (Fsp3) is 0.364. The average molecular weight is 420 g/mol. The van der Waals surface area contributed by atoms with E-state index in [2.05, 4.69) is 5.32 Å². The van der Waals surface area contributed by atoms with Crippen LogP contribution in [0.15, 0.2) is 54.6 Å². The van der Waals surface area contributed by atoms with E-state index in [0.29, 0.717) is 10.8 Å². The third-order valence-electron chi connectivity index (χ3n) is 3.70. The van der Waals surface area contributed by atoms with Crippen molar-refractivity contribution in [3.63, 3.8) is 0 Å². The number of carbonyl (C=O) groups excluding carboxylic acids is 2. The summed E-state index contributed by atoms with van der Waals surface area (Å²) in [5.74, 6) is -0.0645. The van der Waals surface area contributed by atoms with Gasteiger partial charge in [0.25, 0.3) is 0 Å². The number of nitrogens with one attached hydrogen (secondary N) is 1. The van der Waals surface area contributed by atoms with Gasteiger partial charge in [-0.05, 0) is 38.5 Å². The molecular weight excluding hydrogens is 394 g/mol. The third kappa shape index (κ3) is 8.44. The highest BCUT2D eigenvalue weighted by Gasteiger charge is 2.25. The quantitative estimate of drug-likeness (QED) is 0.625. The van der Waals surface area contributed by atoms with Crippen LogP contribution in [0.25, 0.3) is 0 Å². The number of rotatable bonds is 8. The minimum atomic E-state index is -0.920.